The zero-order valence-corrected chi connectivity index (χ0v) is 17.0. The van der Waals surface area contributed by atoms with Gasteiger partial charge in [0.2, 0.25) is 5.91 Å². The maximum absolute atomic E-state index is 13.0. The van der Waals surface area contributed by atoms with Gasteiger partial charge in [-0.3, -0.25) is 9.78 Å². The molecule has 0 bridgehead atoms. The molecule has 0 saturated carbocycles. The van der Waals surface area contributed by atoms with E-state index in [1.807, 2.05) is 49.4 Å². The van der Waals surface area contributed by atoms with Crippen LogP contribution in [-0.4, -0.2) is 17.4 Å². The van der Waals surface area contributed by atoms with Crippen LogP contribution in [0.25, 0.3) is 0 Å². The first-order valence-corrected chi connectivity index (χ1v) is 9.73. The zero-order chi connectivity index (χ0) is 19.9. The number of nitrogens with one attached hydrogen (secondary N) is 2. The summed E-state index contributed by atoms with van der Waals surface area (Å²) >= 11 is 12.5. The van der Waals surface area contributed by atoms with Crippen LogP contribution in [0.15, 0.2) is 67.0 Å². The SMILES string of the molecule is Cc1ccc(NC(C(=O)NCCc2ccncc2)c2cccc(Cl)c2)c(Cl)c1. The van der Waals surface area contributed by atoms with Crippen LogP contribution in [0, 0.1) is 6.92 Å². The summed E-state index contributed by atoms with van der Waals surface area (Å²) in [5, 5.41) is 7.39. The molecule has 1 atom stereocenters. The van der Waals surface area contributed by atoms with Gasteiger partial charge < -0.3 is 10.6 Å². The van der Waals surface area contributed by atoms with Crippen molar-refractivity contribution in [3.05, 3.63) is 93.7 Å². The molecule has 0 aliphatic heterocycles. The lowest BCUT2D eigenvalue weighted by atomic mass is 10.0. The number of aryl methyl sites for hydroxylation is 1. The third-order valence-electron chi connectivity index (χ3n) is 4.33. The standard InChI is InChI=1S/C22H21Cl2N3O/c1-15-5-6-20(19(24)13-15)27-21(17-3-2-4-18(23)14-17)22(28)26-12-9-16-7-10-25-11-8-16/h2-8,10-11,13-14,21,27H,9,12H2,1H3,(H,26,28). The molecule has 1 aromatic heterocycles. The molecule has 1 amide bonds. The van der Waals surface area contributed by atoms with Crippen molar-refractivity contribution in [2.75, 3.05) is 11.9 Å². The average molecular weight is 414 g/mol. The number of anilines is 1. The third-order valence-corrected chi connectivity index (χ3v) is 4.88. The van der Waals surface area contributed by atoms with Crippen LogP contribution in [0.1, 0.15) is 22.7 Å². The van der Waals surface area contributed by atoms with Gasteiger partial charge in [0.25, 0.3) is 0 Å². The van der Waals surface area contributed by atoms with E-state index in [1.54, 1.807) is 24.5 Å². The van der Waals surface area contributed by atoms with Crippen molar-refractivity contribution in [3.8, 4) is 0 Å². The van der Waals surface area contributed by atoms with Gasteiger partial charge in [0.05, 0.1) is 10.7 Å². The molecule has 1 unspecified atom stereocenters. The Hall–Kier alpha value is -2.56. The fourth-order valence-corrected chi connectivity index (χ4v) is 3.35. The minimum Gasteiger partial charge on any atom is -0.369 e. The molecule has 3 aromatic rings. The fourth-order valence-electron chi connectivity index (χ4n) is 2.86. The number of hydrogen-bond donors (Lipinski definition) is 2. The van der Waals surface area contributed by atoms with Crippen molar-refractivity contribution in [2.24, 2.45) is 0 Å². The molecule has 1 heterocycles. The van der Waals surface area contributed by atoms with Crippen LogP contribution < -0.4 is 10.6 Å². The molecule has 2 N–H and O–H groups in total. The van der Waals surface area contributed by atoms with Crippen LogP contribution in [0.3, 0.4) is 0 Å². The highest BCUT2D eigenvalue weighted by atomic mass is 35.5. The molecule has 0 aliphatic carbocycles. The van der Waals surface area contributed by atoms with E-state index in [2.05, 4.69) is 15.6 Å². The van der Waals surface area contributed by atoms with E-state index in [0.29, 0.717) is 22.3 Å². The highest BCUT2D eigenvalue weighted by Crippen LogP contribution is 2.28. The van der Waals surface area contributed by atoms with Crippen molar-refractivity contribution < 1.29 is 4.79 Å². The average Bonchev–Trinajstić information content (AvgIpc) is 2.68. The van der Waals surface area contributed by atoms with E-state index in [0.717, 1.165) is 23.1 Å². The van der Waals surface area contributed by atoms with Gasteiger partial charge in [-0.05, 0) is 66.4 Å². The van der Waals surface area contributed by atoms with Crippen LogP contribution in [-0.2, 0) is 11.2 Å². The molecule has 28 heavy (non-hydrogen) atoms. The Balaban J connectivity index is 1.76. The Morgan fingerprint density at radius 3 is 2.57 bits per heavy atom. The molecule has 2 aromatic carbocycles. The Morgan fingerprint density at radius 2 is 1.86 bits per heavy atom. The van der Waals surface area contributed by atoms with Gasteiger partial charge in [0.1, 0.15) is 6.04 Å². The van der Waals surface area contributed by atoms with Crippen LogP contribution in [0.2, 0.25) is 10.0 Å². The Labute approximate surface area is 174 Å². The number of aromatic nitrogens is 1. The first kappa shape index (κ1) is 20.2. The maximum atomic E-state index is 13.0. The van der Waals surface area contributed by atoms with Crippen molar-refractivity contribution in [3.63, 3.8) is 0 Å². The number of benzene rings is 2. The van der Waals surface area contributed by atoms with E-state index in [9.17, 15) is 4.79 Å². The van der Waals surface area contributed by atoms with E-state index in [-0.39, 0.29) is 5.91 Å². The molecule has 3 rings (SSSR count). The molecule has 144 valence electrons. The summed E-state index contributed by atoms with van der Waals surface area (Å²) in [6, 6.07) is 16.2. The quantitative estimate of drug-likeness (QED) is 0.558. The smallest absolute Gasteiger partial charge is 0.247 e. The van der Waals surface area contributed by atoms with Crippen molar-refractivity contribution in [1.29, 1.82) is 0 Å². The number of hydrogen-bond acceptors (Lipinski definition) is 3. The van der Waals surface area contributed by atoms with E-state index in [1.165, 1.54) is 0 Å². The summed E-state index contributed by atoms with van der Waals surface area (Å²) in [5.41, 5.74) is 3.63. The molecule has 6 heteroatoms. The highest BCUT2D eigenvalue weighted by molar-refractivity contribution is 6.33. The summed E-state index contributed by atoms with van der Waals surface area (Å²) in [4.78, 5) is 17.0. The molecule has 0 aliphatic rings. The van der Waals surface area contributed by atoms with E-state index < -0.39 is 6.04 Å². The normalized spacial score (nSPS) is 11.7. The monoisotopic (exact) mass is 413 g/mol. The van der Waals surface area contributed by atoms with Crippen molar-refractivity contribution >= 4 is 34.8 Å². The number of carbonyl (C=O) groups is 1. The van der Waals surface area contributed by atoms with Gasteiger partial charge in [0, 0.05) is 24.0 Å². The van der Waals surface area contributed by atoms with Gasteiger partial charge in [-0.15, -0.1) is 0 Å². The summed E-state index contributed by atoms with van der Waals surface area (Å²) in [6.45, 7) is 2.49. The number of pyridine rings is 1. The van der Waals surface area contributed by atoms with Gasteiger partial charge in [-0.2, -0.15) is 0 Å². The van der Waals surface area contributed by atoms with Crippen LogP contribution in [0.5, 0.6) is 0 Å². The predicted octanol–water partition coefficient (Wildman–Crippen LogP) is 5.21. The summed E-state index contributed by atoms with van der Waals surface area (Å²) in [5.74, 6) is -0.145. The van der Waals surface area contributed by atoms with E-state index >= 15 is 0 Å². The van der Waals surface area contributed by atoms with Gasteiger partial charge >= 0.3 is 0 Å². The first-order chi connectivity index (χ1) is 13.5. The predicted molar refractivity (Wildman–Crippen MR) is 115 cm³/mol. The summed E-state index contributed by atoms with van der Waals surface area (Å²) in [6.07, 6.45) is 4.21. The summed E-state index contributed by atoms with van der Waals surface area (Å²) < 4.78 is 0. The Bertz CT molecular complexity index is 948. The Kier molecular flexibility index (Phi) is 6.90. The molecule has 0 fully saturated rings. The first-order valence-electron chi connectivity index (χ1n) is 8.98. The van der Waals surface area contributed by atoms with Crippen LogP contribution in [0.4, 0.5) is 5.69 Å². The molecule has 0 spiro atoms. The zero-order valence-electron chi connectivity index (χ0n) is 15.5. The largest absolute Gasteiger partial charge is 0.369 e. The minimum absolute atomic E-state index is 0.145. The maximum Gasteiger partial charge on any atom is 0.247 e. The number of nitrogens with zero attached hydrogens (tertiary/aromatic N) is 1. The lowest BCUT2D eigenvalue weighted by molar-refractivity contribution is -0.121. The molecule has 4 nitrogen and oxygen atoms in total. The van der Waals surface area contributed by atoms with Gasteiger partial charge in [-0.25, -0.2) is 0 Å². The molecule has 0 saturated heterocycles. The topological polar surface area (TPSA) is 54.0 Å². The lowest BCUT2D eigenvalue weighted by Gasteiger charge is -2.21. The number of amides is 1. The fraction of sp³-hybridized carbons (Fsp3) is 0.182. The van der Waals surface area contributed by atoms with Gasteiger partial charge in [0.15, 0.2) is 0 Å². The molecule has 0 radical (unpaired) electrons. The Morgan fingerprint density at radius 1 is 1.07 bits per heavy atom. The van der Waals surface area contributed by atoms with Crippen molar-refractivity contribution in [1.82, 2.24) is 10.3 Å². The highest BCUT2D eigenvalue weighted by Gasteiger charge is 2.21. The third kappa shape index (κ3) is 5.47. The lowest BCUT2D eigenvalue weighted by Crippen LogP contribution is -2.34. The minimum atomic E-state index is -0.614. The van der Waals surface area contributed by atoms with Gasteiger partial charge in [-0.1, -0.05) is 41.4 Å². The second kappa shape index (κ2) is 9.58. The number of halogens is 2. The van der Waals surface area contributed by atoms with Crippen molar-refractivity contribution in [2.45, 2.75) is 19.4 Å². The van der Waals surface area contributed by atoms with E-state index in [4.69, 9.17) is 23.2 Å². The molecular weight excluding hydrogens is 393 g/mol. The summed E-state index contributed by atoms with van der Waals surface area (Å²) in [7, 11) is 0. The van der Waals surface area contributed by atoms with Crippen LogP contribution >= 0.6 is 23.2 Å². The number of rotatable bonds is 7. The number of carbonyl (C=O) groups excluding carboxylic acids is 1. The molecular formula is C22H21Cl2N3O. The second-order valence-electron chi connectivity index (χ2n) is 6.51. The second-order valence-corrected chi connectivity index (χ2v) is 7.36.